The first-order chi connectivity index (χ1) is 23.4. The van der Waals surface area contributed by atoms with Crippen molar-refractivity contribution in [1.82, 2.24) is 9.80 Å². The molecule has 4 nitrogen and oxygen atoms in total. The first-order valence-corrected chi connectivity index (χ1v) is 20.1. The van der Waals surface area contributed by atoms with Crippen molar-refractivity contribution < 1.29 is 9.47 Å². The molecule has 4 rings (SSSR count). The molecular weight excluding hydrogens is 588 g/mol. The molecule has 2 aliphatic rings. The Morgan fingerprint density at radius 1 is 0.562 bits per heavy atom. The first-order valence-electron chi connectivity index (χ1n) is 20.1. The summed E-state index contributed by atoms with van der Waals surface area (Å²) in [6.45, 7) is 22.7. The number of rotatable bonds is 22. The lowest BCUT2D eigenvalue weighted by Gasteiger charge is -2.44. The van der Waals surface area contributed by atoms with E-state index < -0.39 is 0 Å². The fraction of sp³-hybridized carbons (Fsp3) is 0.682. The van der Waals surface area contributed by atoms with Crippen LogP contribution in [-0.4, -0.2) is 62.3 Å². The number of ether oxygens (including phenoxy) is 2. The molecule has 0 spiro atoms. The molecule has 0 radical (unpaired) electrons. The van der Waals surface area contributed by atoms with Crippen LogP contribution in [0.3, 0.4) is 0 Å². The highest BCUT2D eigenvalue weighted by atomic mass is 16.5. The number of benzene rings is 2. The Hall–Kier alpha value is -2.30. The molecule has 0 amide bonds. The van der Waals surface area contributed by atoms with Gasteiger partial charge in [-0.05, 0) is 155 Å². The maximum atomic E-state index is 6.22. The highest BCUT2D eigenvalue weighted by Gasteiger charge is 2.38. The average Bonchev–Trinajstić information content (AvgIpc) is 3.09. The molecule has 2 bridgehead atoms. The van der Waals surface area contributed by atoms with Crippen molar-refractivity contribution in [2.24, 2.45) is 23.7 Å². The molecule has 48 heavy (non-hydrogen) atoms. The van der Waals surface area contributed by atoms with Gasteiger partial charge in [0, 0.05) is 0 Å². The Morgan fingerprint density at radius 2 is 1.02 bits per heavy atom. The number of unbranched alkanes of at least 4 members (excludes halogenated alkanes) is 6. The minimum atomic E-state index is 0.617. The van der Waals surface area contributed by atoms with Crippen LogP contribution in [0, 0.1) is 23.7 Å². The maximum Gasteiger partial charge on any atom is 0.119 e. The van der Waals surface area contributed by atoms with Gasteiger partial charge in [0.1, 0.15) is 11.5 Å². The van der Waals surface area contributed by atoms with Crippen molar-refractivity contribution in [1.29, 1.82) is 0 Å². The van der Waals surface area contributed by atoms with Crippen LogP contribution in [0.25, 0.3) is 5.57 Å². The predicted octanol–water partition coefficient (Wildman–Crippen LogP) is 11.1. The van der Waals surface area contributed by atoms with Gasteiger partial charge in [-0.2, -0.15) is 0 Å². The zero-order valence-corrected chi connectivity index (χ0v) is 31.8. The van der Waals surface area contributed by atoms with E-state index in [4.69, 9.17) is 9.47 Å². The van der Waals surface area contributed by atoms with Crippen LogP contribution in [0.1, 0.15) is 130 Å². The van der Waals surface area contributed by atoms with E-state index in [-0.39, 0.29) is 0 Å². The molecule has 0 saturated heterocycles. The summed E-state index contributed by atoms with van der Waals surface area (Å²) < 4.78 is 12.4. The smallest absolute Gasteiger partial charge is 0.119 e. The lowest BCUT2D eigenvalue weighted by molar-refractivity contribution is 0.163. The van der Waals surface area contributed by atoms with E-state index in [1.54, 1.807) is 5.57 Å². The van der Waals surface area contributed by atoms with E-state index in [1.165, 1.54) is 94.0 Å². The fourth-order valence-corrected chi connectivity index (χ4v) is 8.65. The van der Waals surface area contributed by atoms with Crippen LogP contribution < -0.4 is 9.47 Å². The monoisotopic (exact) mass is 659 g/mol. The fourth-order valence-electron chi connectivity index (χ4n) is 8.65. The van der Waals surface area contributed by atoms with E-state index in [2.05, 4.69) is 99.9 Å². The number of nitrogens with zero attached hydrogens (tertiary/aromatic N) is 2. The number of allylic oxidation sites excluding steroid dienone is 1. The summed E-state index contributed by atoms with van der Waals surface area (Å²) in [4.78, 5) is 5.03. The minimum Gasteiger partial charge on any atom is -0.494 e. The second-order valence-electron chi connectivity index (χ2n) is 15.0. The molecular formula is C44H70N2O2. The summed E-state index contributed by atoms with van der Waals surface area (Å²) >= 11 is 0. The third-order valence-corrected chi connectivity index (χ3v) is 11.3. The van der Waals surface area contributed by atoms with Gasteiger partial charge in [-0.1, -0.05) is 97.1 Å². The second-order valence-corrected chi connectivity index (χ2v) is 15.0. The summed E-state index contributed by atoms with van der Waals surface area (Å²) in [5.74, 6) is 5.00. The summed E-state index contributed by atoms with van der Waals surface area (Å²) in [6, 6.07) is 18.1. The summed E-state index contributed by atoms with van der Waals surface area (Å²) in [7, 11) is 0. The zero-order valence-electron chi connectivity index (χ0n) is 31.8. The zero-order chi connectivity index (χ0) is 34.1. The number of fused-ring (bicyclic) bond motifs is 2. The Kier molecular flexibility index (Phi) is 16.9. The predicted molar refractivity (Wildman–Crippen MR) is 206 cm³/mol. The Morgan fingerprint density at radius 3 is 1.48 bits per heavy atom. The first kappa shape index (κ1) is 38.5. The molecule has 0 aromatic heterocycles. The Bertz CT molecular complexity index is 1110. The van der Waals surface area contributed by atoms with Gasteiger partial charge in [0.15, 0.2) is 0 Å². The Balaban J connectivity index is 1.37. The lowest BCUT2D eigenvalue weighted by Crippen LogP contribution is -2.32. The van der Waals surface area contributed by atoms with Gasteiger partial charge >= 0.3 is 0 Å². The molecule has 0 aliphatic heterocycles. The molecule has 0 heterocycles. The topological polar surface area (TPSA) is 24.9 Å². The van der Waals surface area contributed by atoms with Gasteiger partial charge in [0.2, 0.25) is 0 Å². The van der Waals surface area contributed by atoms with Crippen LogP contribution in [0.4, 0.5) is 0 Å². The quantitative estimate of drug-likeness (QED) is 0.118. The molecule has 2 aliphatic carbocycles. The van der Waals surface area contributed by atoms with Gasteiger partial charge in [-0.25, -0.2) is 0 Å². The van der Waals surface area contributed by atoms with Crippen LogP contribution in [0.15, 0.2) is 54.1 Å². The molecule has 4 unspecified atom stereocenters. The van der Waals surface area contributed by atoms with Crippen LogP contribution in [-0.2, 0) is 0 Å². The van der Waals surface area contributed by atoms with Gasteiger partial charge in [-0.15, -0.1) is 0 Å². The molecule has 2 fully saturated rings. The molecule has 2 saturated carbocycles. The van der Waals surface area contributed by atoms with E-state index in [1.807, 2.05) is 0 Å². The molecule has 2 aromatic carbocycles. The van der Waals surface area contributed by atoms with Crippen molar-refractivity contribution >= 4 is 5.57 Å². The summed E-state index contributed by atoms with van der Waals surface area (Å²) in [6.07, 6.45) is 15.3. The summed E-state index contributed by atoms with van der Waals surface area (Å²) in [5.41, 5.74) is 5.81. The third-order valence-electron chi connectivity index (χ3n) is 11.3. The molecule has 4 atom stereocenters. The molecule has 4 heteroatoms. The minimum absolute atomic E-state index is 0.617. The van der Waals surface area contributed by atoms with Gasteiger partial charge in [0.05, 0.1) is 13.2 Å². The van der Waals surface area contributed by atoms with Crippen molar-refractivity contribution in [3.8, 4) is 11.5 Å². The Labute approximate surface area is 295 Å². The molecule has 0 N–H and O–H groups in total. The van der Waals surface area contributed by atoms with Crippen molar-refractivity contribution in [2.75, 3.05) is 52.5 Å². The largest absolute Gasteiger partial charge is 0.494 e. The third kappa shape index (κ3) is 11.9. The number of hydrogen-bond acceptors (Lipinski definition) is 4. The highest BCUT2D eigenvalue weighted by Crippen LogP contribution is 2.51. The van der Waals surface area contributed by atoms with E-state index in [9.17, 15) is 0 Å². The molecule has 2 aromatic rings. The van der Waals surface area contributed by atoms with Crippen molar-refractivity contribution in [3.05, 3.63) is 65.2 Å². The molecule has 268 valence electrons. The van der Waals surface area contributed by atoms with Crippen LogP contribution >= 0.6 is 0 Å². The number of hydrogen-bond donors (Lipinski definition) is 0. The SMILES string of the molecule is CCN(CC)CCCCCCOc1ccc(C(=C2C(C)CC3CC(C)CC2C3)c2ccc(OCCCCCCN(CC)CC)cc2)cc1. The van der Waals surface area contributed by atoms with E-state index in [0.29, 0.717) is 11.8 Å². The highest BCUT2D eigenvalue weighted by molar-refractivity contribution is 5.83. The van der Waals surface area contributed by atoms with Crippen molar-refractivity contribution in [3.63, 3.8) is 0 Å². The van der Waals surface area contributed by atoms with Gasteiger partial charge < -0.3 is 19.3 Å². The van der Waals surface area contributed by atoms with Crippen LogP contribution in [0.5, 0.6) is 11.5 Å². The van der Waals surface area contributed by atoms with Crippen LogP contribution in [0.2, 0.25) is 0 Å². The lowest BCUT2D eigenvalue weighted by atomic mass is 9.61. The summed E-state index contributed by atoms with van der Waals surface area (Å²) in [5, 5.41) is 0. The standard InChI is InChI=1S/C44H70N2O2/c1-7-45(8-2)27-15-11-13-17-29-47-41-23-19-38(20-24-41)44(43-36(6)33-37-31-35(5)32-40(43)34-37)39-21-25-42(26-22-39)48-30-18-14-12-16-28-46(9-3)10-4/h19-26,35-37,40H,7-18,27-34H2,1-6H3. The van der Waals surface area contributed by atoms with E-state index >= 15 is 0 Å². The van der Waals surface area contributed by atoms with Crippen molar-refractivity contribution in [2.45, 2.75) is 119 Å². The maximum absolute atomic E-state index is 6.22. The second kappa shape index (κ2) is 21.0. The van der Waals surface area contributed by atoms with Gasteiger partial charge in [0.25, 0.3) is 0 Å². The van der Waals surface area contributed by atoms with E-state index in [0.717, 1.165) is 75.6 Å². The average molecular weight is 659 g/mol. The van der Waals surface area contributed by atoms with Gasteiger partial charge in [-0.3, -0.25) is 0 Å². The normalized spacial score (nSPS) is 20.8.